The van der Waals surface area contributed by atoms with Crippen LogP contribution in [0.25, 0.3) is 0 Å². The topological polar surface area (TPSA) is 46.6 Å². The van der Waals surface area contributed by atoms with Crippen molar-refractivity contribution in [3.63, 3.8) is 0 Å². The van der Waals surface area contributed by atoms with Gasteiger partial charge in [-0.25, -0.2) is 4.90 Å². The summed E-state index contributed by atoms with van der Waals surface area (Å²) in [6.07, 6.45) is 3.58. The third kappa shape index (κ3) is 1.48. The van der Waals surface area contributed by atoms with Gasteiger partial charge in [0.25, 0.3) is 0 Å². The molecule has 4 atom stereocenters. The zero-order valence-electron chi connectivity index (χ0n) is 12.3. The first-order valence-corrected chi connectivity index (χ1v) is 7.24. The molecular weight excluding hydrogens is 266 g/mol. The summed E-state index contributed by atoms with van der Waals surface area (Å²) >= 11 is 0. The van der Waals surface area contributed by atoms with E-state index in [2.05, 4.69) is 0 Å². The Kier molecular flexibility index (Phi) is 2.33. The number of carbonyl (C=O) groups excluding carboxylic acids is 2. The first-order chi connectivity index (χ1) is 9.92. The second kappa shape index (κ2) is 3.83. The summed E-state index contributed by atoms with van der Waals surface area (Å²) in [6.45, 7) is 5.89. The van der Waals surface area contributed by atoms with E-state index in [1.165, 1.54) is 4.90 Å². The minimum atomic E-state index is -0.628. The monoisotopic (exact) mass is 283 g/mol. The fourth-order valence-electron chi connectivity index (χ4n) is 3.77. The van der Waals surface area contributed by atoms with Crippen LogP contribution in [0, 0.1) is 25.7 Å². The van der Waals surface area contributed by atoms with Gasteiger partial charge in [-0.2, -0.15) is 0 Å². The lowest BCUT2D eigenvalue weighted by atomic mass is 9.78. The van der Waals surface area contributed by atoms with E-state index in [0.29, 0.717) is 5.69 Å². The van der Waals surface area contributed by atoms with Crippen molar-refractivity contribution in [1.82, 2.24) is 0 Å². The van der Waals surface area contributed by atoms with Crippen molar-refractivity contribution in [2.45, 2.75) is 32.5 Å². The number of benzene rings is 1. The molecule has 4 heteroatoms. The van der Waals surface area contributed by atoms with E-state index >= 15 is 0 Å². The third-order valence-corrected chi connectivity index (χ3v) is 5.08. The van der Waals surface area contributed by atoms with Crippen LogP contribution in [-0.2, 0) is 14.3 Å². The predicted molar refractivity (Wildman–Crippen MR) is 77.8 cm³/mol. The molecule has 4 nitrogen and oxygen atoms in total. The van der Waals surface area contributed by atoms with Gasteiger partial charge in [0, 0.05) is 0 Å². The van der Waals surface area contributed by atoms with Crippen molar-refractivity contribution in [2.24, 2.45) is 11.8 Å². The fraction of sp³-hybridized carbons (Fsp3) is 0.412. The Hall–Kier alpha value is -1.94. The molecule has 0 spiro atoms. The Morgan fingerprint density at radius 2 is 1.90 bits per heavy atom. The minimum absolute atomic E-state index is 0.133. The molecular formula is C17H17NO3. The number of hydrogen-bond donors (Lipinski definition) is 0. The first kappa shape index (κ1) is 12.8. The van der Waals surface area contributed by atoms with Crippen LogP contribution in [0.5, 0.6) is 0 Å². The molecule has 0 aromatic heterocycles. The summed E-state index contributed by atoms with van der Waals surface area (Å²) < 4.78 is 5.82. The number of anilines is 1. The van der Waals surface area contributed by atoms with Crippen LogP contribution in [0.3, 0.4) is 0 Å². The standard InChI is InChI=1S/C17H17NO3/c1-9-4-5-11(8-10(9)2)18-15(19)13-12-6-7-17(3,21-12)14(13)16(18)20/h4-8,12-14H,1-3H3/t12-,13-,14-,17-/m0/s1. The number of amides is 2. The Morgan fingerprint density at radius 1 is 1.14 bits per heavy atom. The molecule has 0 saturated carbocycles. The van der Waals surface area contributed by atoms with Gasteiger partial charge in [0.15, 0.2) is 0 Å². The molecule has 2 bridgehead atoms. The summed E-state index contributed by atoms with van der Waals surface area (Å²) in [6, 6.07) is 5.70. The Labute approximate surface area is 123 Å². The SMILES string of the molecule is Cc1ccc(N2C(=O)[C@H]3[C@@H]4C=C[C@](C)(O4)[C@@H]3C2=O)cc1C. The predicted octanol–water partition coefficient (Wildman–Crippen LogP) is 2.14. The molecule has 3 aliphatic heterocycles. The number of nitrogens with zero attached hydrogens (tertiary/aromatic N) is 1. The molecule has 0 N–H and O–H groups in total. The van der Waals surface area contributed by atoms with Crippen molar-refractivity contribution < 1.29 is 14.3 Å². The highest BCUT2D eigenvalue weighted by molar-refractivity contribution is 6.23. The van der Waals surface area contributed by atoms with Crippen LogP contribution in [0.2, 0.25) is 0 Å². The molecule has 3 heterocycles. The Balaban J connectivity index is 1.78. The quantitative estimate of drug-likeness (QED) is 0.586. The number of ether oxygens (including phenoxy) is 1. The number of carbonyl (C=O) groups is 2. The molecule has 0 unspecified atom stereocenters. The van der Waals surface area contributed by atoms with Crippen LogP contribution in [0.15, 0.2) is 30.4 Å². The maximum Gasteiger partial charge on any atom is 0.241 e. The lowest BCUT2D eigenvalue weighted by Crippen LogP contribution is -2.38. The number of imide groups is 1. The number of aryl methyl sites for hydroxylation is 2. The van der Waals surface area contributed by atoms with E-state index in [1.807, 2.05) is 51.1 Å². The molecule has 2 saturated heterocycles. The van der Waals surface area contributed by atoms with Gasteiger partial charge < -0.3 is 4.74 Å². The lowest BCUT2D eigenvalue weighted by molar-refractivity contribution is -0.126. The number of rotatable bonds is 1. The molecule has 2 fully saturated rings. The van der Waals surface area contributed by atoms with Crippen LogP contribution in [0.1, 0.15) is 18.1 Å². The maximum atomic E-state index is 12.8. The molecule has 0 radical (unpaired) electrons. The second-order valence-corrected chi connectivity index (χ2v) is 6.41. The van der Waals surface area contributed by atoms with E-state index < -0.39 is 5.60 Å². The van der Waals surface area contributed by atoms with Crippen LogP contribution < -0.4 is 4.90 Å². The van der Waals surface area contributed by atoms with Crippen LogP contribution in [-0.4, -0.2) is 23.5 Å². The van der Waals surface area contributed by atoms with Crippen molar-refractivity contribution >= 4 is 17.5 Å². The Morgan fingerprint density at radius 3 is 2.57 bits per heavy atom. The third-order valence-electron chi connectivity index (χ3n) is 5.08. The van der Waals surface area contributed by atoms with Gasteiger partial charge in [0.05, 0.1) is 29.2 Å². The highest BCUT2D eigenvalue weighted by Crippen LogP contribution is 2.52. The smallest absolute Gasteiger partial charge is 0.241 e. The van der Waals surface area contributed by atoms with Crippen molar-refractivity contribution in [3.8, 4) is 0 Å². The summed E-state index contributed by atoms with van der Waals surface area (Å²) in [5, 5.41) is 0. The normalized spacial score (nSPS) is 36.7. The van der Waals surface area contributed by atoms with Crippen LogP contribution in [0.4, 0.5) is 5.69 Å². The summed E-state index contributed by atoms with van der Waals surface area (Å²) in [5.74, 6) is -1.02. The Bertz CT molecular complexity index is 708. The molecule has 1 aromatic carbocycles. The molecule has 0 aliphatic carbocycles. The zero-order chi connectivity index (χ0) is 14.9. The summed E-state index contributed by atoms with van der Waals surface area (Å²) in [4.78, 5) is 26.8. The van der Waals surface area contributed by atoms with Gasteiger partial charge >= 0.3 is 0 Å². The van der Waals surface area contributed by atoms with E-state index in [9.17, 15) is 9.59 Å². The largest absolute Gasteiger partial charge is 0.362 e. The van der Waals surface area contributed by atoms with Crippen molar-refractivity contribution in [3.05, 3.63) is 41.5 Å². The van der Waals surface area contributed by atoms with Gasteiger partial charge in [-0.3, -0.25) is 9.59 Å². The van der Waals surface area contributed by atoms with Gasteiger partial charge in [-0.1, -0.05) is 18.2 Å². The minimum Gasteiger partial charge on any atom is -0.362 e. The highest BCUT2D eigenvalue weighted by atomic mass is 16.5. The molecule has 21 heavy (non-hydrogen) atoms. The lowest BCUT2D eigenvalue weighted by Gasteiger charge is -2.24. The molecule has 2 amide bonds. The van der Waals surface area contributed by atoms with Crippen LogP contribution >= 0.6 is 0 Å². The molecule has 4 rings (SSSR count). The first-order valence-electron chi connectivity index (χ1n) is 7.24. The van der Waals surface area contributed by atoms with E-state index in [-0.39, 0.29) is 29.8 Å². The van der Waals surface area contributed by atoms with E-state index in [0.717, 1.165) is 11.1 Å². The summed E-state index contributed by atoms with van der Waals surface area (Å²) in [5.41, 5.74) is 2.27. The van der Waals surface area contributed by atoms with Gasteiger partial charge in [0.1, 0.15) is 0 Å². The average molecular weight is 283 g/mol. The van der Waals surface area contributed by atoms with Gasteiger partial charge in [0.2, 0.25) is 11.8 Å². The second-order valence-electron chi connectivity index (χ2n) is 6.41. The van der Waals surface area contributed by atoms with E-state index in [1.54, 1.807) is 0 Å². The average Bonchev–Trinajstić information content (AvgIpc) is 3.03. The fourth-order valence-corrected chi connectivity index (χ4v) is 3.77. The molecule has 3 aliphatic rings. The van der Waals surface area contributed by atoms with Crippen molar-refractivity contribution in [2.75, 3.05) is 4.90 Å². The van der Waals surface area contributed by atoms with Gasteiger partial charge in [-0.05, 0) is 44.0 Å². The van der Waals surface area contributed by atoms with Crippen molar-refractivity contribution in [1.29, 1.82) is 0 Å². The van der Waals surface area contributed by atoms with E-state index in [4.69, 9.17) is 4.74 Å². The molecule has 108 valence electrons. The number of hydrogen-bond acceptors (Lipinski definition) is 3. The molecule has 1 aromatic rings. The number of fused-ring (bicyclic) bond motifs is 5. The zero-order valence-corrected chi connectivity index (χ0v) is 12.3. The summed E-state index contributed by atoms with van der Waals surface area (Å²) in [7, 11) is 0. The van der Waals surface area contributed by atoms with Gasteiger partial charge in [-0.15, -0.1) is 0 Å². The maximum absolute atomic E-state index is 12.8. The highest BCUT2D eigenvalue weighted by Gasteiger charge is 2.65.